The Bertz CT molecular complexity index is 646. The van der Waals surface area contributed by atoms with Gasteiger partial charge in [0.25, 0.3) is 5.91 Å². The highest BCUT2D eigenvalue weighted by Gasteiger charge is 2.35. The van der Waals surface area contributed by atoms with Gasteiger partial charge < -0.3 is 15.2 Å². The molecular formula is C13H19N3O3S. The van der Waals surface area contributed by atoms with E-state index in [1.165, 1.54) is 0 Å². The van der Waals surface area contributed by atoms with E-state index >= 15 is 0 Å². The van der Waals surface area contributed by atoms with Crippen LogP contribution in [-0.4, -0.2) is 48.4 Å². The molecular weight excluding hydrogens is 278 g/mol. The van der Waals surface area contributed by atoms with Gasteiger partial charge in [0.2, 0.25) is 0 Å². The molecule has 2 fully saturated rings. The molecule has 1 aliphatic carbocycles. The van der Waals surface area contributed by atoms with Gasteiger partial charge in [-0.25, -0.2) is 8.42 Å². The molecule has 0 spiro atoms. The van der Waals surface area contributed by atoms with Gasteiger partial charge in [0.15, 0.2) is 9.84 Å². The Morgan fingerprint density at radius 3 is 2.65 bits per heavy atom. The van der Waals surface area contributed by atoms with Crippen LogP contribution in [0.4, 0.5) is 5.69 Å². The fraction of sp³-hybridized carbons (Fsp3) is 0.615. The van der Waals surface area contributed by atoms with Gasteiger partial charge in [-0.15, -0.1) is 0 Å². The van der Waals surface area contributed by atoms with E-state index in [2.05, 4.69) is 0 Å². The number of nitrogen functional groups attached to an aromatic ring is 1. The van der Waals surface area contributed by atoms with E-state index < -0.39 is 9.84 Å². The van der Waals surface area contributed by atoms with Crippen LogP contribution < -0.4 is 5.73 Å². The van der Waals surface area contributed by atoms with Crippen LogP contribution in [-0.2, 0) is 9.84 Å². The Kier molecular flexibility index (Phi) is 3.04. The molecule has 1 amide bonds. The van der Waals surface area contributed by atoms with Crippen LogP contribution in [0, 0.1) is 0 Å². The van der Waals surface area contributed by atoms with Crippen molar-refractivity contribution < 1.29 is 13.2 Å². The molecule has 1 unspecified atom stereocenters. The quantitative estimate of drug-likeness (QED) is 0.888. The van der Waals surface area contributed by atoms with Gasteiger partial charge >= 0.3 is 0 Å². The number of aromatic nitrogens is 1. The topological polar surface area (TPSA) is 85.4 Å². The van der Waals surface area contributed by atoms with Crippen molar-refractivity contribution in [1.82, 2.24) is 9.47 Å². The first-order chi connectivity index (χ1) is 9.37. The summed E-state index contributed by atoms with van der Waals surface area (Å²) in [4.78, 5) is 14.1. The molecule has 3 rings (SSSR count). The van der Waals surface area contributed by atoms with Crippen molar-refractivity contribution in [3.63, 3.8) is 0 Å². The molecule has 1 aliphatic heterocycles. The van der Waals surface area contributed by atoms with Gasteiger partial charge in [-0.05, 0) is 25.3 Å². The van der Waals surface area contributed by atoms with Crippen LogP contribution in [0.2, 0.25) is 0 Å². The molecule has 110 valence electrons. The normalized spacial score (nSPS) is 24.8. The average Bonchev–Trinajstić information content (AvgIpc) is 3.06. The molecule has 1 atom stereocenters. The molecule has 0 aromatic carbocycles. The number of anilines is 1. The molecule has 20 heavy (non-hydrogen) atoms. The summed E-state index contributed by atoms with van der Waals surface area (Å²) in [7, 11) is -1.32. The van der Waals surface area contributed by atoms with Crippen LogP contribution in [0.3, 0.4) is 0 Å². The molecule has 2 heterocycles. The van der Waals surface area contributed by atoms with Gasteiger partial charge in [0.1, 0.15) is 5.69 Å². The maximum Gasteiger partial charge on any atom is 0.270 e. The Labute approximate surface area is 118 Å². The highest BCUT2D eigenvalue weighted by Crippen LogP contribution is 2.37. The molecule has 0 bridgehead atoms. The molecule has 1 saturated carbocycles. The molecule has 1 aromatic rings. The van der Waals surface area contributed by atoms with E-state index in [1.807, 2.05) is 4.57 Å². The van der Waals surface area contributed by atoms with E-state index in [9.17, 15) is 13.2 Å². The summed E-state index contributed by atoms with van der Waals surface area (Å²) in [5.41, 5.74) is 6.94. The van der Waals surface area contributed by atoms with Crippen molar-refractivity contribution in [1.29, 1.82) is 0 Å². The number of hydrogen-bond donors (Lipinski definition) is 1. The van der Waals surface area contributed by atoms with E-state index in [0.29, 0.717) is 23.8 Å². The molecule has 0 radical (unpaired) electrons. The zero-order chi connectivity index (χ0) is 14.5. The second kappa shape index (κ2) is 4.51. The Morgan fingerprint density at radius 1 is 1.40 bits per heavy atom. The number of hydrogen-bond acceptors (Lipinski definition) is 4. The van der Waals surface area contributed by atoms with Gasteiger partial charge in [-0.1, -0.05) is 0 Å². The van der Waals surface area contributed by atoms with Crippen LogP contribution >= 0.6 is 0 Å². The lowest BCUT2D eigenvalue weighted by molar-refractivity contribution is 0.0736. The number of rotatable bonds is 3. The highest BCUT2D eigenvalue weighted by atomic mass is 32.2. The van der Waals surface area contributed by atoms with Crippen molar-refractivity contribution >= 4 is 21.4 Å². The first kappa shape index (κ1) is 13.5. The molecule has 6 nitrogen and oxygen atoms in total. The van der Waals surface area contributed by atoms with Crippen LogP contribution in [0.25, 0.3) is 0 Å². The lowest BCUT2D eigenvalue weighted by Gasteiger charge is -2.24. The minimum Gasteiger partial charge on any atom is -0.397 e. The van der Waals surface area contributed by atoms with E-state index in [-0.39, 0.29) is 23.5 Å². The molecule has 7 heteroatoms. The fourth-order valence-corrected chi connectivity index (χ4v) is 4.53. The standard InChI is InChI=1S/C13H19N3O3S/c1-15(11-4-5-20(18,19)8-11)13(17)12-6-9(14)7-16(12)10-2-3-10/h6-7,10-11H,2-5,8,14H2,1H3. The van der Waals surface area contributed by atoms with Crippen LogP contribution in [0.15, 0.2) is 12.3 Å². The largest absolute Gasteiger partial charge is 0.397 e. The lowest BCUT2D eigenvalue weighted by Crippen LogP contribution is -2.38. The van der Waals surface area contributed by atoms with Gasteiger partial charge in [0.05, 0.1) is 17.2 Å². The summed E-state index contributed by atoms with van der Waals surface area (Å²) in [5, 5.41) is 0. The second-order valence-corrected chi connectivity index (χ2v) is 8.00. The number of amides is 1. The summed E-state index contributed by atoms with van der Waals surface area (Å²) in [5.74, 6) is 0.0892. The first-order valence-corrected chi connectivity index (χ1v) is 8.64. The fourth-order valence-electron chi connectivity index (χ4n) is 2.75. The monoisotopic (exact) mass is 297 g/mol. The third-order valence-corrected chi connectivity index (χ3v) is 5.86. The predicted octanol–water partition coefficient (Wildman–Crippen LogP) is 0.664. The summed E-state index contributed by atoms with van der Waals surface area (Å²) >= 11 is 0. The zero-order valence-corrected chi connectivity index (χ0v) is 12.3. The van der Waals surface area contributed by atoms with E-state index in [4.69, 9.17) is 5.73 Å². The van der Waals surface area contributed by atoms with Gasteiger partial charge in [0, 0.05) is 25.3 Å². The summed E-state index contributed by atoms with van der Waals surface area (Å²) in [6.45, 7) is 0. The minimum absolute atomic E-state index is 0.0643. The van der Waals surface area contributed by atoms with Crippen molar-refractivity contribution in [2.45, 2.75) is 31.3 Å². The summed E-state index contributed by atoms with van der Waals surface area (Å²) in [6.07, 6.45) is 4.44. The summed E-state index contributed by atoms with van der Waals surface area (Å²) < 4.78 is 25.0. The maximum atomic E-state index is 12.6. The number of nitrogens with zero attached hydrogens (tertiary/aromatic N) is 2. The van der Waals surface area contributed by atoms with E-state index in [1.54, 1.807) is 24.2 Å². The highest BCUT2D eigenvalue weighted by molar-refractivity contribution is 7.91. The number of sulfone groups is 1. The Balaban J connectivity index is 1.82. The Morgan fingerprint density at radius 2 is 2.10 bits per heavy atom. The molecule has 1 saturated heterocycles. The van der Waals surface area contributed by atoms with Crippen LogP contribution in [0.1, 0.15) is 35.8 Å². The minimum atomic E-state index is -2.99. The number of carbonyl (C=O) groups excluding carboxylic acids is 1. The zero-order valence-electron chi connectivity index (χ0n) is 11.4. The van der Waals surface area contributed by atoms with Crippen molar-refractivity contribution in [2.24, 2.45) is 0 Å². The predicted molar refractivity (Wildman–Crippen MR) is 76.3 cm³/mol. The summed E-state index contributed by atoms with van der Waals surface area (Å²) in [6, 6.07) is 1.82. The average molecular weight is 297 g/mol. The Hall–Kier alpha value is -1.50. The molecule has 1 aromatic heterocycles. The van der Waals surface area contributed by atoms with Crippen molar-refractivity contribution in [2.75, 3.05) is 24.3 Å². The third kappa shape index (κ3) is 2.42. The lowest BCUT2D eigenvalue weighted by atomic mass is 10.2. The maximum absolute atomic E-state index is 12.6. The van der Waals surface area contributed by atoms with Crippen molar-refractivity contribution in [3.8, 4) is 0 Å². The molecule has 2 N–H and O–H groups in total. The van der Waals surface area contributed by atoms with Crippen molar-refractivity contribution in [3.05, 3.63) is 18.0 Å². The first-order valence-electron chi connectivity index (χ1n) is 6.82. The number of nitrogens with two attached hydrogens (primary N) is 1. The third-order valence-electron chi connectivity index (χ3n) is 4.11. The van der Waals surface area contributed by atoms with Gasteiger partial charge in [-0.3, -0.25) is 4.79 Å². The van der Waals surface area contributed by atoms with Gasteiger partial charge in [-0.2, -0.15) is 0 Å². The number of carbonyl (C=O) groups is 1. The smallest absolute Gasteiger partial charge is 0.270 e. The SMILES string of the molecule is CN(C(=O)c1cc(N)cn1C1CC1)C1CCS(=O)(=O)C1. The second-order valence-electron chi connectivity index (χ2n) is 5.77. The molecule has 2 aliphatic rings. The van der Waals surface area contributed by atoms with E-state index in [0.717, 1.165) is 12.8 Å². The van der Waals surface area contributed by atoms with Crippen LogP contribution in [0.5, 0.6) is 0 Å².